The highest BCUT2D eigenvalue weighted by molar-refractivity contribution is 6.37. The molecule has 7 nitrogen and oxygen atoms in total. The van der Waals surface area contributed by atoms with Crippen LogP contribution >= 0.6 is 0 Å². The quantitative estimate of drug-likeness (QED) is 0.394. The van der Waals surface area contributed by atoms with E-state index in [9.17, 15) is 14.7 Å². The van der Waals surface area contributed by atoms with Crippen LogP contribution in [0.5, 0.6) is 0 Å². The molecule has 0 saturated heterocycles. The van der Waals surface area contributed by atoms with Crippen molar-refractivity contribution in [1.29, 1.82) is 0 Å². The van der Waals surface area contributed by atoms with Gasteiger partial charge in [0.2, 0.25) is 0 Å². The van der Waals surface area contributed by atoms with E-state index in [0.29, 0.717) is 22.5 Å². The Morgan fingerprint density at radius 2 is 1.76 bits per heavy atom. The summed E-state index contributed by atoms with van der Waals surface area (Å²) in [6.07, 6.45) is 3.65. The third kappa shape index (κ3) is 3.76. The van der Waals surface area contributed by atoms with E-state index in [1.165, 1.54) is 12.1 Å². The molecule has 1 amide bonds. The molecule has 0 aliphatic carbocycles. The van der Waals surface area contributed by atoms with Crippen LogP contribution in [-0.2, 0) is 11.8 Å². The van der Waals surface area contributed by atoms with E-state index in [1.807, 2.05) is 72.4 Å². The van der Waals surface area contributed by atoms with Crippen LogP contribution in [0.1, 0.15) is 21.5 Å². The fourth-order valence-corrected chi connectivity index (χ4v) is 3.93. The monoisotopic (exact) mass is 436 g/mol. The van der Waals surface area contributed by atoms with Crippen LogP contribution in [0.4, 0.5) is 11.4 Å². The first-order chi connectivity index (χ1) is 16.0. The molecule has 1 aromatic heterocycles. The van der Waals surface area contributed by atoms with E-state index in [-0.39, 0.29) is 11.5 Å². The minimum Gasteiger partial charge on any atom is -0.478 e. The molecule has 33 heavy (non-hydrogen) atoms. The lowest BCUT2D eigenvalue weighted by atomic mass is 9.99. The Hall–Kier alpha value is -4.65. The summed E-state index contributed by atoms with van der Waals surface area (Å²) >= 11 is 0. The number of nitrogens with one attached hydrogen (secondary N) is 2. The SMILES string of the molecule is Cn1ccnc1-c1ccc(N/C(=C2\C(=O)Nc3cc(C(=O)O)ccc32)c2ccccc2)cc1. The van der Waals surface area contributed by atoms with Crippen molar-refractivity contribution in [2.24, 2.45) is 7.05 Å². The normalized spacial score (nSPS) is 13.9. The molecule has 5 rings (SSSR count). The first-order valence-electron chi connectivity index (χ1n) is 10.3. The highest BCUT2D eigenvalue weighted by atomic mass is 16.4. The number of anilines is 2. The number of fused-ring (bicyclic) bond motifs is 1. The minimum absolute atomic E-state index is 0.120. The van der Waals surface area contributed by atoms with Crippen LogP contribution in [0.25, 0.3) is 22.7 Å². The number of aromatic nitrogens is 2. The number of carbonyl (C=O) groups excluding carboxylic acids is 1. The number of amides is 1. The number of aromatic carboxylic acids is 1. The van der Waals surface area contributed by atoms with Gasteiger partial charge in [-0.1, -0.05) is 36.4 Å². The van der Waals surface area contributed by atoms with Crippen LogP contribution in [-0.4, -0.2) is 26.5 Å². The van der Waals surface area contributed by atoms with Gasteiger partial charge in [-0.15, -0.1) is 0 Å². The molecule has 0 atom stereocenters. The lowest BCUT2D eigenvalue weighted by molar-refractivity contribution is -0.110. The number of hydrogen-bond donors (Lipinski definition) is 3. The molecule has 3 aromatic carbocycles. The van der Waals surface area contributed by atoms with Crippen molar-refractivity contribution in [3.8, 4) is 11.4 Å². The van der Waals surface area contributed by atoms with Crippen LogP contribution < -0.4 is 10.6 Å². The second-order valence-electron chi connectivity index (χ2n) is 7.70. The Morgan fingerprint density at radius 1 is 1.00 bits per heavy atom. The summed E-state index contributed by atoms with van der Waals surface area (Å²) < 4.78 is 1.95. The van der Waals surface area contributed by atoms with Gasteiger partial charge in [-0.3, -0.25) is 4.79 Å². The Kier molecular flexibility index (Phi) is 4.99. The Labute approximate surface area is 190 Å². The van der Waals surface area contributed by atoms with Crippen LogP contribution in [0, 0.1) is 0 Å². The number of carboxylic acid groups (broad SMARTS) is 1. The van der Waals surface area contributed by atoms with Gasteiger partial charge in [0.25, 0.3) is 5.91 Å². The summed E-state index contributed by atoms with van der Waals surface area (Å²) in [7, 11) is 1.94. The van der Waals surface area contributed by atoms with E-state index in [0.717, 1.165) is 22.6 Å². The molecule has 1 aliphatic heterocycles. The summed E-state index contributed by atoms with van der Waals surface area (Å²) in [5.74, 6) is -0.469. The fourth-order valence-electron chi connectivity index (χ4n) is 3.93. The summed E-state index contributed by atoms with van der Waals surface area (Å²) in [5, 5.41) is 15.5. The van der Waals surface area contributed by atoms with Crippen LogP contribution in [0.15, 0.2) is 85.2 Å². The maximum atomic E-state index is 13.0. The molecule has 7 heteroatoms. The van der Waals surface area contributed by atoms with Crippen molar-refractivity contribution >= 4 is 34.5 Å². The summed E-state index contributed by atoms with van der Waals surface area (Å²) in [4.78, 5) is 28.7. The topological polar surface area (TPSA) is 96.3 Å². The maximum absolute atomic E-state index is 13.0. The maximum Gasteiger partial charge on any atom is 0.335 e. The van der Waals surface area contributed by atoms with Gasteiger partial charge in [0.1, 0.15) is 5.82 Å². The van der Waals surface area contributed by atoms with E-state index in [4.69, 9.17) is 0 Å². The second-order valence-corrected chi connectivity index (χ2v) is 7.70. The van der Waals surface area contributed by atoms with Crippen molar-refractivity contribution in [1.82, 2.24) is 9.55 Å². The first kappa shape index (κ1) is 20.3. The summed E-state index contributed by atoms with van der Waals surface area (Å²) in [6, 6.07) is 22.0. The third-order valence-corrected chi connectivity index (χ3v) is 5.56. The number of carbonyl (C=O) groups is 2. The van der Waals surface area contributed by atoms with Crippen molar-refractivity contribution in [2.45, 2.75) is 0 Å². The molecule has 1 aliphatic rings. The van der Waals surface area contributed by atoms with Gasteiger partial charge in [-0.05, 0) is 42.0 Å². The number of imidazole rings is 1. The zero-order chi connectivity index (χ0) is 22.9. The number of hydrogen-bond acceptors (Lipinski definition) is 4. The third-order valence-electron chi connectivity index (χ3n) is 5.56. The Balaban J connectivity index is 1.59. The van der Waals surface area contributed by atoms with Crippen LogP contribution in [0.3, 0.4) is 0 Å². The molecule has 3 N–H and O–H groups in total. The molecule has 0 bridgehead atoms. The number of rotatable bonds is 5. The largest absolute Gasteiger partial charge is 0.478 e. The Bertz CT molecular complexity index is 1400. The highest BCUT2D eigenvalue weighted by Gasteiger charge is 2.29. The summed E-state index contributed by atoms with van der Waals surface area (Å²) in [5.41, 5.74) is 4.98. The van der Waals surface area contributed by atoms with Crippen molar-refractivity contribution < 1.29 is 14.7 Å². The number of nitrogens with zero attached hydrogens (tertiary/aromatic N) is 2. The average molecular weight is 436 g/mol. The van der Waals surface area contributed by atoms with Gasteiger partial charge in [-0.25, -0.2) is 9.78 Å². The Morgan fingerprint density at radius 3 is 2.42 bits per heavy atom. The summed E-state index contributed by atoms with van der Waals surface area (Å²) in [6.45, 7) is 0. The lowest BCUT2D eigenvalue weighted by Gasteiger charge is -2.15. The van der Waals surface area contributed by atoms with Gasteiger partial charge in [0, 0.05) is 36.3 Å². The molecule has 0 radical (unpaired) electrons. The van der Waals surface area contributed by atoms with E-state index >= 15 is 0 Å². The molecule has 162 valence electrons. The predicted molar refractivity (Wildman–Crippen MR) is 128 cm³/mol. The minimum atomic E-state index is -1.04. The van der Waals surface area contributed by atoms with Gasteiger partial charge >= 0.3 is 5.97 Å². The van der Waals surface area contributed by atoms with Crippen molar-refractivity contribution in [2.75, 3.05) is 10.6 Å². The average Bonchev–Trinajstić information content (AvgIpc) is 3.40. The van der Waals surface area contributed by atoms with E-state index in [1.54, 1.807) is 12.3 Å². The smallest absolute Gasteiger partial charge is 0.335 e. The standard InChI is InChI=1S/C26H20N4O3/c1-30-14-13-27-24(30)17-7-10-19(11-8-17)28-23(16-5-3-2-4-6-16)22-20-12-9-18(26(32)33)15-21(20)29-25(22)31/h2-15,28H,1H3,(H,29,31)(H,32,33)/b23-22-. The molecule has 0 saturated carbocycles. The molecule has 4 aromatic rings. The number of aryl methyl sites for hydroxylation is 1. The van der Waals surface area contributed by atoms with Gasteiger partial charge in [0.15, 0.2) is 0 Å². The fraction of sp³-hybridized carbons (Fsp3) is 0.0385. The van der Waals surface area contributed by atoms with Crippen LogP contribution in [0.2, 0.25) is 0 Å². The molecular formula is C26H20N4O3. The van der Waals surface area contributed by atoms with Crippen molar-refractivity contribution in [3.05, 3.63) is 102 Å². The zero-order valence-electron chi connectivity index (χ0n) is 17.7. The molecule has 0 unspecified atom stereocenters. The lowest BCUT2D eigenvalue weighted by Crippen LogP contribution is -2.10. The van der Waals surface area contributed by atoms with Gasteiger partial charge < -0.3 is 20.3 Å². The second kappa shape index (κ2) is 8.12. The number of carboxylic acids is 1. The van der Waals surface area contributed by atoms with Gasteiger partial charge in [-0.2, -0.15) is 0 Å². The predicted octanol–water partition coefficient (Wildman–Crippen LogP) is 4.72. The first-order valence-corrected chi connectivity index (χ1v) is 10.3. The van der Waals surface area contributed by atoms with Gasteiger partial charge in [0.05, 0.1) is 22.5 Å². The highest BCUT2D eigenvalue weighted by Crippen LogP contribution is 2.38. The molecule has 2 heterocycles. The molecule has 0 spiro atoms. The van der Waals surface area contributed by atoms with Crippen molar-refractivity contribution in [3.63, 3.8) is 0 Å². The van der Waals surface area contributed by atoms with E-state index < -0.39 is 5.97 Å². The zero-order valence-corrected chi connectivity index (χ0v) is 17.7. The number of benzene rings is 3. The molecular weight excluding hydrogens is 416 g/mol. The van der Waals surface area contributed by atoms with E-state index in [2.05, 4.69) is 15.6 Å². The molecule has 0 fully saturated rings.